The summed E-state index contributed by atoms with van der Waals surface area (Å²) in [5.74, 6) is 0.673. The predicted octanol–water partition coefficient (Wildman–Crippen LogP) is 6.39. The zero-order chi connectivity index (χ0) is 19.6. The zero-order valence-corrected chi connectivity index (χ0v) is 17.1. The highest BCUT2D eigenvalue weighted by Crippen LogP contribution is 2.19. The average Bonchev–Trinajstić information content (AvgIpc) is 2.66. The molecule has 1 aliphatic heterocycles. The molecule has 1 atom stereocenters. The number of aryl methyl sites for hydroxylation is 2. The molecule has 3 nitrogen and oxygen atoms in total. The number of halogens is 1. The maximum atomic E-state index is 6.35. The number of benzene rings is 2. The summed E-state index contributed by atoms with van der Waals surface area (Å²) in [6.07, 6.45) is 5.51. The summed E-state index contributed by atoms with van der Waals surface area (Å²) in [6, 6.07) is 16.9. The molecule has 2 aromatic carbocycles. The Morgan fingerprint density at radius 3 is 2.22 bits per heavy atom. The largest absolute Gasteiger partial charge is 0.364 e. The fourth-order valence-corrected chi connectivity index (χ4v) is 2.90. The van der Waals surface area contributed by atoms with Crippen LogP contribution in [0.25, 0.3) is 0 Å². The first kappa shape index (κ1) is 20.8. The van der Waals surface area contributed by atoms with Gasteiger partial charge < -0.3 is 10.6 Å². The van der Waals surface area contributed by atoms with Crippen molar-refractivity contribution < 1.29 is 0 Å². The highest BCUT2D eigenvalue weighted by molar-refractivity contribution is 6.44. The van der Waals surface area contributed by atoms with Crippen LogP contribution in [0, 0.1) is 0 Å². The van der Waals surface area contributed by atoms with Crippen LogP contribution in [-0.4, -0.2) is 12.0 Å². The molecule has 0 saturated heterocycles. The Balaban J connectivity index is 0.000000817. The fourth-order valence-electron chi connectivity index (χ4n) is 2.80. The van der Waals surface area contributed by atoms with E-state index in [1.54, 1.807) is 6.08 Å². The van der Waals surface area contributed by atoms with E-state index in [0.29, 0.717) is 10.9 Å². The monoisotopic (exact) mass is 381 g/mol. The lowest BCUT2D eigenvalue weighted by atomic mass is 10.0. The van der Waals surface area contributed by atoms with Gasteiger partial charge in [0.05, 0.1) is 5.03 Å². The lowest BCUT2D eigenvalue weighted by Crippen LogP contribution is -2.20. The molecule has 3 rings (SSSR count). The Bertz CT molecular complexity index is 824. The van der Waals surface area contributed by atoms with Crippen LogP contribution >= 0.6 is 11.6 Å². The van der Waals surface area contributed by atoms with Gasteiger partial charge in [-0.2, -0.15) is 0 Å². The Morgan fingerprint density at radius 1 is 1.07 bits per heavy atom. The molecule has 4 heteroatoms. The van der Waals surface area contributed by atoms with Gasteiger partial charge in [-0.05, 0) is 69.0 Å². The van der Waals surface area contributed by atoms with Crippen LogP contribution in [-0.2, 0) is 12.8 Å². The van der Waals surface area contributed by atoms with Crippen molar-refractivity contribution in [3.8, 4) is 0 Å². The third kappa shape index (κ3) is 6.61. The Morgan fingerprint density at radius 2 is 1.63 bits per heavy atom. The van der Waals surface area contributed by atoms with Gasteiger partial charge in [0.1, 0.15) is 12.0 Å². The van der Waals surface area contributed by atoms with E-state index in [2.05, 4.69) is 59.7 Å². The van der Waals surface area contributed by atoms with Gasteiger partial charge in [-0.25, -0.2) is 4.99 Å². The topological polar surface area (TPSA) is 36.4 Å². The Kier molecular flexibility index (Phi) is 8.15. The van der Waals surface area contributed by atoms with Crippen LogP contribution in [0.15, 0.2) is 77.3 Å². The smallest absolute Gasteiger partial charge is 0.146 e. The van der Waals surface area contributed by atoms with E-state index in [-0.39, 0.29) is 6.17 Å². The van der Waals surface area contributed by atoms with Crippen molar-refractivity contribution >= 4 is 28.8 Å². The Hall–Kier alpha value is -2.52. The van der Waals surface area contributed by atoms with Crippen molar-refractivity contribution in [3.05, 3.63) is 83.4 Å². The number of nitrogens with one attached hydrogen (secondary N) is 2. The molecule has 2 N–H and O–H groups in total. The van der Waals surface area contributed by atoms with Gasteiger partial charge in [0.2, 0.25) is 0 Å². The summed E-state index contributed by atoms with van der Waals surface area (Å²) >= 11 is 6.35. The first-order valence-electron chi connectivity index (χ1n) is 9.24. The first-order valence-corrected chi connectivity index (χ1v) is 9.62. The summed E-state index contributed by atoms with van der Waals surface area (Å²) in [6.45, 7) is 9.18. The van der Waals surface area contributed by atoms with Crippen molar-refractivity contribution in [1.29, 1.82) is 0 Å². The quantitative estimate of drug-likeness (QED) is 0.561. The van der Waals surface area contributed by atoms with Gasteiger partial charge in [-0.3, -0.25) is 0 Å². The lowest BCUT2D eigenvalue weighted by molar-refractivity contribution is 0.852. The molecule has 0 aliphatic carbocycles. The van der Waals surface area contributed by atoms with Crippen molar-refractivity contribution in [2.24, 2.45) is 4.99 Å². The molecule has 1 aliphatic rings. The number of hydrogen-bond donors (Lipinski definition) is 2. The van der Waals surface area contributed by atoms with E-state index in [1.165, 1.54) is 11.1 Å². The van der Waals surface area contributed by atoms with Crippen LogP contribution < -0.4 is 10.6 Å². The second kappa shape index (κ2) is 10.6. The number of hydrogen-bond acceptors (Lipinski definition) is 3. The molecule has 2 aromatic rings. The van der Waals surface area contributed by atoms with E-state index < -0.39 is 0 Å². The van der Waals surface area contributed by atoms with Crippen LogP contribution in [0.1, 0.15) is 31.9 Å². The van der Waals surface area contributed by atoms with E-state index in [9.17, 15) is 0 Å². The summed E-state index contributed by atoms with van der Waals surface area (Å²) in [7, 11) is 0. The van der Waals surface area contributed by atoms with Crippen LogP contribution in [0.5, 0.6) is 0 Å². The first-order chi connectivity index (χ1) is 13.0. The van der Waals surface area contributed by atoms with Gasteiger partial charge >= 0.3 is 0 Å². The summed E-state index contributed by atoms with van der Waals surface area (Å²) < 4.78 is 0. The summed E-state index contributed by atoms with van der Waals surface area (Å²) in [5.41, 5.74) is 4.69. The normalized spacial score (nSPS) is 18.6. The van der Waals surface area contributed by atoms with E-state index in [1.807, 2.05) is 32.9 Å². The van der Waals surface area contributed by atoms with E-state index in [0.717, 1.165) is 24.2 Å². The fraction of sp³-hybridized carbons (Fsp3) is 0.261. The average molecular weight is 382 g/mol. The van der Waals surface area contributed by atoms with Crippen LogP contribution in [0.4, 0.5) is 11.4 Å². The van der Waals surface area contributed by atoms with Gasteiger partial charge in [-0.1, -0.05) is 48.0 Å². The number of fused-ring (bicyclic) bond motifs is 4. The van der Waals surface area contributed by atoms with Crippen LogP contribution in [0.2, 0.25) is 0 Å². The molecule has 27 heavy (non-hydrogen) atoms. The number of allylic oxidation sites excluding steroid dienone is 2. The van der Waals surface area contributed by atoms with E-state index >= 15 is 0 Å². The number of anilines is 2. The second-order valence-electron chi connectivity index (χ2n) is 6.37. The maximum absolute atomic E-state index is 6.35. The number of nitrogens with zero attached hydrogens (tertiary/aromatic N) is 1. The van der Waals surface area contributed by atoms with Crippen molar-refractivity contribution in [3.63, 3.8) is 0 Å². The second-order valence-corrected chi connectivity index (χ2v) is 6.78. The molecule has 0 aromatic heterocycles. The van der Waals surface area contributed by atoms with Gasteiger partial charge in [0.25, 0.3) is 0 Å². The third-order valence-corrected chi connectivity index (χ3v) is 4.39. The number of amidine groups is 1. The predicted molar refractivity (Wildman–Crippen MR) is 120 cm³/mol. The van der Waals surface area contributed by atoms with Gasteiger partial charge in [0, 0.05) is 11.4 Å². The molecule has 0 radical (unpaired) electrons. The number of rotatable bonds is 1. The lowest BCUT2D eigenvalue weighted by Gasteiger charge is -2.15. The van der Waals surface area contributed by atoms with Gasteiger partial charge in [-0.15, -0.1) is 6.58 Å². The molecule has 0 amide bonds. The third-order valence-electron chi connectivity index (χ3n) is 4.00. The van der Waals surface area contributed by atoms with Crippen LogP contribution in [0.3, 0.4) is 0 Å². The van der Waals surface area contributed by atoms with Gasteiger partial charge in [0.15, 0.2) is 0 Å². The zero-order valence-electron chi connectivity index (χ0n) is 16.3. The minimum Gasteiger partial charge on any atom is -0.364 e. The van der Waals surface area contributed by atoms with E-state index in [4.69, 9.17) is 16.6 Å². The summed E-state index contributed by atoms with van der Waals surface area (Å²) in [5, 5.41) is 7.39. The highest BCUT2D eigenvalue weighted by Gasteiger charge is 2.10. The maximum Gasteiger partial charge on any atom is 0.146 e. The molecule has 0 fully saturated rings. The molecule has 1 unspecified atom stereocenters. The van der Waals surface area contributed by atoms with Crippen molar-refractivity contribution in [1.82, 2.24) is 0 Å². The number of aliphatic imine (C=N–C) groups is 1. The molecule has 0 spiro atoms. The molecule has 1 heterocycles. The molecule has 4 bridgehead atoms. The SMILES string of the molecule is C/C=C(Cl)\C1=N/C(C)Nc2cccc(c2)CCc2cccc(c2)N1.C=CC. The Labute approximate surface area is 167 Å². The summed E-state index contributed by atoms with van der Waals surface area (Å²) in [4.78, 5) is 4.71. The van der Waals surface area contributed by atoms with Crippen molar-refractivity contribution in [2.45, 2.75) is 39.8 Å². The van der Waals surface area contributed by atoms with Crippen molar-refractivity contribution in [2.75, 3.05) is 10.6 Å². The highest BCUT2D eigenvalue weighted by atomic mass is 35.5. The minimum atomic E-state index is -0.0969. The molecule has 142 valence electrons. The molecule has 0 saturated carbocycles. The molecular weight excluding hydrogens is 354 g/mol. The minimum absolute atomic E-state index is 0.0969. The molecular formula is C23H28ClN3. The standard InChI is InChI=1S/C20H22ClN3.C3H6/c1-3-19(21)20-23-14(2)22-17-8-4-6-15(12-17)10-11-16-7-5-9-18(13-16)24-20;1-3-2/h3-9,12-14,22H,10-11H2,1-2H3,(H,23,24);3H,1H2,2H3/b19-3+;.